The van der Waals surface area contributed by atoms with Crippen molar-refractivity contribution in [1.29, 1.82) is 0 Å². The van der Waals surface area contributed by atoms with Gasteiger partial charge in [0.1, 0.15) is 0 Å². The Morgan fingerprint density at radius 1 is 1.12 bits per heavy atom. The van der Waals surface area contributed by atoms with Crippen molar-refractivity contribution >= 4 is 23.3 Å². The van der Waals surface area contributed by atoms with Crippen LogP contribution in [-0.4, -0.2) is 25.5 Å². The number of carbonyl (C=O) groups is 1. The Labute approximate surface area is 145 Å². The van der Waals surface area contributed by atoms with Crippen LogP contribution in [0, 0.1) is 0 Å². The molecule has 0 saturated carbocycles. The number of nitrogens with zero attached hydrogens (tertiary/aromatic N) is 4. The van der Waals surface area contributed by atoms with Crippen molar-refractivity contribution in [2.24, 2.45) is 0 Å². The van der Waals surface area contributed by atoms with Crippen LogP contribution in [0.2, 0.25) is 5.02 Å². The number of benzene rings is 1. The zero-order chi connectivity index (χ0) is 16.9. The van der Waals surface area contributed by atoms with Crippen molar-refractivity contribution in [2.75, 3.05) is 5.32 Å². The van der Waals surface area contributed by atoms with Gasteiger partial charge in [0, 0.05) is 30.0 Å². The van der Waals surface area contributed by atoms with E-state index in [-0.39, 0.29) is 5.91 Å². The second-order valence-electron chi connectivity index (χ2n) is 5.41. The van der Waals surface area contributed by atoms with Crippen molar-refractivity contribution in [3.63, 3.8) is 0 Å². The maximum Gasteiger partial charge on any atom is 0.277 e. The minimum atomic E-state index is -0.271. The van der Waals surface area contributed by atoms with Crippen LogP contribution in [0.5, 0.6) is 0 Å². The number of carbonyl (C=O) groups excluding carboxylic acids is 1. The Balaban J connectivity index is 1.65. The highest BCUT2D eigenvalue weighted by atomic mass is 35.5. The number of amides is 1. The van der Waals surface area contributed by atoms with Crippen LogP contribution >= 0.6 is 11.6 Å². The number of aryl methyl sites for hydroxylation is 1. The molecular weight excluding hydrogens is 326 g/mol. The van der Waals surface area contributed by atoms with Gasteiger partial charge in [-0.25, -0.2) is 0 Å². The van der Waals surface area contributed by atoms with E-state index in [2.05, 4.69) is 22.4 Å². The topological polar surface area (TPSA) is 64.7 Å². The third kappa shape index (κ3) is 3.83. The maximum atomic E-state index is 12.2. The standard InChI is InChI=1S/C17H18ClN5O/c1-2-9-22-10-7-15(20-22)17(24)19-16-8-11-23(21-16)12-13-5-3-4-6-14(13)18/h3-8,10-11H,2,9,12H2,1H3,(H,19,21,24). The molecule has 7 heteroatoms. The molecule has 3 aromatic rings. The van der Waals surface area contributed by atoms with Gasteiger partial charge in [-0.2, -0.15) is 10.2 Å². The molecule has 3 rings (SSSR count). The van der Waals surface area contributed by atoms with E-state index in [1.807, 2.05) is 24.3 Å². The zero-order valence-electron chi connectivity index (χ0n) is 13.3. The van der Waals surface area contributed by atoms with Crippen LogP contribution in [0.15, 0.2) is 48.8 Å². The van der Waals surface area contributed by atoms with Crippen LogP contribution < -0.4 is 5.32 Å². The van der Waals surface area contributed by atoms with Gasteiger partial charge in [0.15, 0.2) is 11.5 Å². The van der Waals surface area contributed by atoms with Crippen LogP contribution in [-0.2, 0) is 13.1 Å². The minimum absolute atomic E-state index is 0.271. The minimum Gasteiger partial charge on any atom is -0.304 e. The largest absolute Gasteiger partial charge is 0.304 e. The number of anilines is 1. The molecule has 0 aliphatic rings. The Hall–Kier alpha value is -2.60. The number of hydrogen-bond donors (Lipinski definition) is 1. The van der Waals surface area contributed by atoms with Crippen molar-refractivity contribution < 1.29 is 4.79 Å². The molecule has 0 radical (unpaired) electrons. The van der Waals surface area contributed by atoms with Crippen LogP contribution in [0.3, 0.4) is 0 Å². The predicted octanol–water partition coefficient (Wildman–Crippen LogP) is 3.44. The maximum absolute atomic E-state index is 12.2. The van der Waals surface area contributed by atoms with Gasteiger partial charge in [-0.05, 0) is 24.1 Å². The van der Waals surface area contributed by atoms with Gasteiger partial charge in [0.2, 0.25) is 0 Å². The van der Waals surface area contributed by atoms with E-state index in [9.17, 15) is 4.79 Å². The smallest absolute Gasteiger partial charge is 0.277 e. The van der Waals surface area contributed by atoms with Gasteiger partial charge in [-0.15, -0.1) is 0 Å². The highest BCUT2D eigenvalue weighted by Gasteiger charge is 2.11. The molecule has 0 saturated heterocycles. The van der Waals surface area contributed by atoms with Gasteiger partial charge < -0.3 is 5.32 Å². The summed E-state index contributed by atoms with van der Waals surface area (Å²) < 4.78 is 3.48. The third-order valence-corrected chi connectivity index (χ3v) is 3.87. The molecule has 0 atom stereocenters. The lowest BCUT2D eigenvalue weighted by Gasteiger charge is -2.04. The number of nitrogens with one attached hydrogen (secondary N) is 1. The average Bonchev–Trinajstić information content (AvgIpc) is 3.20. The predicted molar refractivity (Wildman–Crippen MR) is 93.3 cm³/mol. The first-order chi connectivity index (χ1) is 11.7. The molecule has 0 spiro atoms. The zero-order valence-corrected chi connectivity index (χ0v) is 14.1. The summed E-state index contributed by atoms with van der Waals surface area (Å²) in [5.74, 6) is 0.213. The van der Waals surface area contributed by atoms with Gasteiger partial charge in [-0.3, -0.25) is 14.2 Å². The molecule has 0 bridgehead atoms. The quantitative estimate of drug-likeness (QED) is 0.745. The molecule has 6 nitrogen and oxygen atoms in total. The molecule has 1 N–H and O–H groups in total. The molecule has 2 heterocycles. The van der Waals surface area contributed by atoms with Crippen molar-refractivity contribution in [1.82, 2.24) is 19.6 Å². The lowest BCUT2D eigenvalue weighted by Crippen LogP contribution is -2.14. The first-order valence-corrected chi connectivity index (χ1v) is 8.15. The van der Waals surface area contributed by atoms with Crippen LogP contribution in [0.1, 0.15) is 29.4 Å². The molecule has 24 heavy (non-hydrogen) atoms. The average molecular weight is 344 g/mol. The molecule has 0 unspecified atom stereocenters. The van der Waals surface area contributed by atoms with E-state index < -0.39 is 0 Å². The summed E-state index contributed by atoms with van der Waals surface area (Å²) >= 11 is 6.15. The SMILES string of the molecule is CCCn1ccc(C(=O)Nc2ccn(Cc3ccccc3Cl)n2)n1. The number of halogens is 1. The molecule has 0 fully saturated rings. The van der Waals surface area contributed by atoms with Gasteiger partial charge >= 0.3 is 0 Å². The van der Waals surface area contributed by atoms with E-state index >= 15 is 0 Å². The van der Waals surface area contributed by atoms with Crippen molar-refractivity contribution in [3.05, 3.63) is 65.1 Å². The van der Waals surface area contributed by atoms with Crippen molar-refractivity contribution in [3.8, 4) is 0 Å². The fraction of sp³-hybridized carbons (Fsp3) is 0.235. The lowest BCUT2D eigenvalue weighted by molar-refractivity contribution is 0.102. The molecule has 1 amide bonds. The number of rotatable bonds is 6. The Morgan fingerprint density at radius 2 is 1.92 bits per heavy atom. The fourth-order valence-corrected chi connectivity index (χ4v) is 2.53. The van der Waals surface area contributed by atoms with E-state index in [1.54, 1.807) is 33.9 Å². The summed E-state index contributed by atoms with van der Waals surface area (Å²) in [6.07, 6.45) is 4.57. The second-order valence-corrected chi connectivity index (χ2v) is 5.82. The van der Waals surface area contributed by atoms with Gasteiger partial charge in [0.05, 0.1) is 6.54 Å². The second kappa shape index (κ2) is 7.31. The summed E-state index contributed by atoms with van der Waals surface area (Å²) in [7, 11) is 0. The molecule has 2 aromatic heterocycles. The summed E-state index contributed by atoms with van der Waals surface area (Å²) in [5, 5.41) is 12.0. The van der Waals surface area contributed by atoms with Gasteiger partial charge in [0.25, 0.3) is 5.91 Å². The lowest BCUT2D eigenvalue weighted by atomic mass is 10.2. The van der Waals surface area contributed by atoms with Gasteiger partial charge in [-0.1, -0.05) is 36.7 Å². The fourth-order valence-electron chi connectivity index (χ4n) is 2.33. The molecule has 1 aromatic carbocycles. The molecule has 0 aliphatic heterocycles. The van der Waals surface area contributed by atoms with E-state index in [4.69, 9.17) is 11.6 Å². The Morgan fingerprint density at radius 3 is 2.71 bits per heavy atom. The number of hydrogen-bond acceptors (Lipinski definition) is 3. The van der Waals surface area contributed by atoms with Crippen LogP contribution in [0.25, 0.3) is 0 Å². The monoisotopic (exact) mass is 343 g/mol. The normalized spacial score (nSPS) is 10.8. The molecule has 124 valence electrons. The first-order valence-electron chi connectivity index (χ1n) is 7.77. The van der Waals surface area contributed by atoms with E-state index in [0.717, 1.165) is 18.5 Å². The number of aromatic nitrogens is 4. The third-order valence-electron chi connectivity index (χ3n) is 3.50. The Kier molecular flexibility index (Phi) is 4.96. The highest BCUT2D eigenvalue weighted by Crippen LogP contribution is 2.16. The highest BCUT2D eigenvalue weighted by molar-refractivity contribution is 6.31. The molecular formula is C17H18ClN5O. The summed E-state index contributed by atoms with van der Waals surface area (Å²) in [6.45, 7) is 3.40. The van der Waals surface area contributed by atoms with E-state index in [0.29, 0.717) is 23.1 Å². The summed E-state index contributed by atoms with van der Waals surface area (Å²) in [6, 6.07) is 11.1. The van der Waals surface area contributed by atoms with Crippen LogP contribution in [0.4, 0.5) is 5.82 Å². The van der Waals surface area contributed by atoms with Crippen molar-refractivity contribution in [2.45, 2.75) is 26.4 Å². The Bertz CT molecular complexity index is 839. The summed E-state index contributed by atoms with van der Waals surface area (Å²) in [5.41, 5.74) is 1.35. The molecule has 0 aliphatic carbocycles. The first kappa shape index (κ1) is 16.3. The van der Waals surface area contributed by atoms with E-state index in [1.165, 1.54) is 0 Å². The summed E-state index contributed by atoms with van der Waals surface area (Å²) in [4.78, 5) is 12.2.